The van der Waals surface area contributed by atoms with E-state index in [0.717, 1.165) is 16.3 Å². The van der Waals surface area contributed by atoms with Crippen molar-refractivity contribution in [3.63, 3.8) is 0 Å². The van der Waals surface area contributed by atoms with Crippen LogP contribution < -0.4 is 19.7 Å². The van der Waals surface area contributed by atoms with Gasteiger partial charge in [0.25, 0.3) is 0 Å². The Kier molecular flexibility index (Phi) is 4.94. The second-order valence-electron chi connectivity index (χ2n) is 6.45. The Labute approximate surface area is 161 Å². The highest BCUT2D eigenvalue weighted by atomic mass is 32.2. The SMILES string of the molecule is CSc1cccc(NC(=O)C2CC(=O)N(c3ccc4c(c3)OCCO4)C2)c1. The first-order chi connectivity index (χ1) is 13.1. The maximum absolute atomic E-state index is 12.6. The first-order valence-corrected chi connectivity index (χ1v) is 10.0. The molecule has 1 atom stereocenters. The molecule has 4 rings (SSSR count). The number of ether oxygens (including phenoxy) is 2. The second kappa shape index (κ2) is 7.52. The molecule has 2 amide bonds. The van der Waals surface area contributed by atoms with E-state index in [1.807, 2.05) is 36.6 Å². The third-order valence-electron chi connectivity index (χ3n) is 4.67. The fourth-order valence-corrected chi connectivity index (χ4v) is 3.74. The summed E-state index contributed by atoms with van der Waals surface area (Å²) in [6.45, 7) is 1.37. The molecule has 0 spiro atoms. The molecule has 27 heavy (non-hydrogen) atoms. The normalized spacial score (nSPS) is 18.5. The summed E-state index contributed by atoms with van der Waals surface area (Å²) in [5, 5.41) is 2.93. The molecule has 140 valence electrons. The summed E-state index contributed by atoms with van der Waals surface area (Å²) in [4.78, 5) is 27.8. The topological polar surface area (TPSA) is 67.9 Å². The van der Waals surface area contributed by atoms with Crippen LogP contribution in [0.25, 0.3) is 0 Å². The van der Waals surface area contributed by atoms with E-state index < -0.39 is 0 Å². The maximum Gasteiger partial charge on any atom is 0.229 e. The molecule has 6 nitrogen and oxygen atoms in total. The van der Waals surface area contributed by atoms with Gasteiger partial charge in [0.05, 0.1) is 5.92 Å². The van der Waals surface area contributed by atoms with Crippen LogP contribution >= 0.6 is 11.8 Å². The number of benzene rings is 2. The number of anilines is 2. The van der Waals surface area contributed by atoms with Gasteiger partial charge in [0.15, 0.2) is 11.5 Å². The summed E-state index contributed by atoms with van der Waals surface area (Å²) in [7, 11) is 0. The van der Waals surface area contributed by atoms with Gasteiger partial charge in [-0.2, -0.15) is 0 Å². The Hall–Kier alpha value is -2.67. The van der Waals surface area contributed by atoms with Gasteiger partial charge in [0.2, 0.25) is 11.8 Å². The van der Waals surface area contributed by atoms with Gasteiger partial charge in [-0.15, -0.1) is 11.8 Å². The molecular weight excluding hydrogens is 364 g/mol. The van der Waals surface area contributed by atoms with Crippen molar-refractivity contribution in [1.29, 1.82) is 0 Å². The largest absolute Gasteiger partial charge is 0.486 e. The Morgan fingerprint density at radius 3 is 2.78 bits per heavy atom. The smallest absolute Gasteiger partial charge is 0.229 e. The number of nitrogens with zero attached hydrogens (tertiary/aromatic N) is 1. The van der Waals surface area contributed by atoms with Crippen LogP contribution in [0, 0.1) is 5.92 Å². The molecule has 7 heteroatoms. The molecule has 2 aromatic carbocycles. The monoisotopic (exact) mass is 384 g/mol. The summed E-state index contributed by atoms with van der Waals surface area (Å²) >= 11 is 1.62. The highest BCUT2D eigenvalue weighted by Crippen LogP contribution is 2.36. The highest BCUT2D eigenvalue weighted by molar-refractivity contribution is 7.98. The lowest BCUT2D eigenvalue weighted by Crippen LogP contribution is -2.28. The molecule has 1 fully saturated rings. The van der Waals surface area contributed by atoms with Gasteiger partial charge in [0.1, 0.15) is 13.2 Å². The fourth-order valence-electron chi connectivity index (χ4n) is 3.28. The van der Waals surface area contributed by atoms with Gasteiger partial charge in [-0.1, -0.05) is 6.07 Å². The zero-order chi connectivity index (χ0) is 18.8. The number of amides is 2. The van der Waals surface area contributed by atoms with Crippen molar-refractivity contribution in [3.8, 4) is 11.5 Å². The van der Waals surface area contributed by atoms with Crippen molar-refractivity contribution >= 4 is 35.0 Å². The maximum atomic E-state index is 12.6. The molecule has 0 radical (unpaired) electrons. The van der Waals surface area contributed by atoms with E-state index in [1.54, 1.807) is 28.8 Å². The Balaban J connectivity index is 1.46. The lowest BCUT2D eigenvalue weighted by molar-refractivity contribution is -0.122. The second-order valence-corrected chi connectivity index (χ2v) is 7.33. The van der Waals surface area contributed by atoms with Gasteiger partial charge < -0.3 is 19.7 Å². The molecule has 2 aliphatic heterocycles. The summed E-state index contributed by atoms with van der Waals surface area (Å²) < 4.78 is 11.1. The van der Waals surface area contributed by atoms with E-state index in [0.29, 0.717) is 31.3 Å². The minimum absolute atomic E-state index is 0.0651. The lowest BCUT2D eigenvalue weighted by atomic mass is 10.1. The number of carbonyl (C=O) groups is 2. The van der Waals surface area contributed by atoms with Crippen LogP contribution in [0.2, 0.25) is 0 Å². The van der Waals surface area contributed by atoms with Crippen LogP contribution in [-0.2, 0) is 9.59 Å². The van der Waals surface area contributed by atoms with E-state index in [1.165, 1.54) is 0 Å². The van der Waals surface area contributed by atoms with Crippen LogP contribution in [0.1, 0.15) is 6.42 Å². The van der Waals surface area contributed by atoms with Gasteiger partial charge in [-0.05, 0) is 36.6 Å². The van der Waals surface area contributed by atoms with E-state index in [9.17, 15) is 9.59 Å². The molecule has 2 aromatic rings. The summed E-state index contributed by atoms with van der Waals surface area (Å²) in [5.41, 5.74) is 1.47. The standard InChI is InChI=1S/C20H20N2O4S/c1-27-16-4-2-3-14(10-16)21-20(24)13-9-19(23)22(12-13)15-5-6-17-18(11-15)26-8-7-25-17/h2-6,10-11,13H,7-9,12H2,1H3,(H,21,24). The van der Waals surface area contributed by atoms with Crippen molar-refractivity contribution in [2.24, 2.45) is 5.92 Å². The molecule has 2 heterocycles. The molecular formula is C20H20N2O4S. The molecule has 1 saturated heterocycles. The molecule has 0 aromatic heterocycles. The number of nitrogens with one attached hydrogen (secondary N) is 1. The molecule has 0 saturated carbocycles. The van der Waals surface area contributed by atoms with Crippen LogP contribution in [0.15, 0.2) is 47.4 Å². The predicted molar refractivity (Wildman–Crippen MR) is 105 cm³/mol. The summed E-state index contributed by atoms with van der Waals surface area (Å²) in [6.07, 6.45) is 2.18. The molecule has 1 unspecified atom stereocenters. The molecule has 2 aliphatic rings. The minimum atomic E-state index is -0.386. The van der Waals surface area contributed by atoms with Crippen LogP contribution in [0.4, 0.5) is 11.4 Å². The minimum Gasteiger partial charge on any atom is -0.486 e. The van der Waals surface area contributed by atoms with Crippen LogP contribution in [0.3, 0.4) is 0 Å². The summed E-state index contributed by atoms with van der Waals surface area (Å²) in [5.74, 6) is 0.725. The van der Waals surface area contributed by atoms with Gasteiger partial charge >= 0.3 is 0 Å². The van der Waals surface area contributed by atoms with Gasteiger partial charge in [-0.25, -0.2) is 0 Å². The van der Waals surface area contributed by atoms with Crippen molar-refractivity contribution in [1.82, 2.24) is 0 Å². The Bertz CT molecular complexity index is 886. The lowest BCUT2D eigenvalue weighted by Gasteiger charge is -2.22. The average Bonchev–Trinajstić information content (AvgIpc) is 3.09. The van der Waals surface area contributed by atoms with E-state index in [-0.39, 0.29) is 24.2 Å². The third kappa shape index (κ3) is 3.73. The Morgan fingerprint density at radius 1 is 1.15 bits per heavy atom. The van der Waals surface area contributed by atoms with E-state index in [4.69, 9.17) is 9.47 Å². The van der Waals surface area contributed by atoms with Crippen molar-refractivity contribution in [2.45, 2.75) is 11.3 Å². The van der Waals surface area contributed by atoms with Crippen LogP contribution in [-0.4, -0.2) is 37.8 Å². The zero-order valence-electron chi connectivity index (χ0n) is 14.9. The summed E-state index contributed by atoms with van der Waals surface area (Å²) in [6, 6.07) is 13.1. The highest BCUT2D eigenvalue weighted by Gasteiger charge is 2.35. The number of fused-ring (bicyclic) bond motifs is 1. The Morgan fingerprint density at radius 2 is 1.96 bits per heavy atom. The fraction of sp³-hybridized carbons (Fsp3) is 0.300. The predicted octanol–water partition coefficient (Wildman–Crippen LogP) is 3.17. The van der Waals surface area contributed by atoms with Gasteiger partial charge in [-0.3, -0.25) is 9.59 Å². The van der Waals surface area contributed by atoms with E-state index in [2.05, 4.69) is 5.32 Å². The zero-order valence-corrected chi connectivity index (χ0v) is 15.8. The number of carbonyl (C=O) groups excluding carboxylic acids is 2. The van der Waals surface area contributed by atoms with Crippen molar-refractivity contribution in [2.75, 3.05) is 36.2 Å². The number of thioether (sulfide) groups is 1. The van der Waals surface area contributed by atoms with Gasteiger partial charge in [0, 0.05) is 35.3 Å². The number of hydrogen-bond donors (Lipinski definition) is 1. The van der Waals surface area contributed by atoms with Crippen LogP contribution in [0.5, 0.6) is 11.5 Å². The van der Waals surface area contributed by atoms with Crippen molar-refractivity contribution < 1.29 is 19.1 Å². The molecule has 0 bridgehead atoms. The quantitative estimate of drug-likeness (QED) is 0.820. The molecule has 0 aliphatic carbocycles. The van der Waals surface area contributed by atoms with E-state index >= 15 is 0 Å². The number of hydrogen-bond acceptors (Lipinski definition) is 5. The number of rotatable bonds is 4. The first-order valence-electron chi connectivity index (χ1n) is 8.79. The van der Waals surface area contributed by atoms with Crippen molar-refractivity contribution in [3.05, 3.63) is 42.5 Å². The molecule has 1 N–H and O–H groups in total. The third-order valence-corrected chi connectivity index (χ3v) is 5.40. The first kappa shape index (κ1) is 17.7. The average molecular weight is 384 g/mol.